The van der Waals surface area contributed by atoms with Crippen molar-refractivity contribution in [3.8, 4) is 0 Å². The number of nitrogens with zero attached hydrogens (tertiary/aromatic N) is 2. The summed E-state index contributed by atoms with van der Waals surface area (Å²) in [5.74, 6) is 0.609. The summed E-state index contributed by atoms with van der Waals surface area (Å²) in [5, 5.41) is 0. The van der Waals surface area contributed by atoms with Gasteiger partial charge in [-0.3, -0.25) is 9.59 Å². The molecule has 2 atom stereocenters. The molecule has 0 aromatic rings. The van der Waals surface area contributed by atoms with Gasteiger partial charge >= 0.3 is 0 Å². The lowest BCUT2D eigenvalue weighted by molar-refractivity contribution is -0.147. The van der Waals surface area contributed by atoms with Gasteiger partial charge in [0.2, 0.25) is 11.8 Å². The molecule has 2 fully saturated rings. The second kappa shape index (κ2) is 6.32. The largest absolute Gasteiger partial charge is 0.379 e. The molecule has 6 nitrogen and oxygen atoms in total. The normalized spacial score (nSPS) is 30.0. The van der Waals surface area contributed by atoms with Crippen LogP contribution in [0.1, 0.15) is 27.2 Å². The molecule has 2 amide bonds. The minimum atomic E-state index is -0.621. The number of hydrogen-bond acceptors (Lipinski definition) is 4. The molecule has 2 rings (SSSR count). The van der Waals surface area contributed by atoms with Gasteiger partial charge in [-0.05, 0) is 12.8 Å². The van der Waals surface area contributed by atoms with Gasteiger partial charge in [0.25, 0.3) is 0 Å². The topological polar surface area (TPSA) is 75.9 Å². The van der Waals surface area contributed by atoms with Gasteiger partial charge in [0.05, 0.1) is 18.6 Å². The molecule has 2 heterocycles. The highest BCUT2D eigenvalue weighted by Gasteiger charge is 2.46. The molecule has 2 aliphatic rings. The Morgan fingerprint density at radius 1 is 1.24 bits per heavy atom. The van der Waals surface area contributed by atoms with E-state index < -0.39 is 5.41 Å². The van der Waals surface area contributed by atoms with E-state index in [1.807, 2.05) is 30.6 Å². The molecular weight excluding hydrogens is 270 g/mol. The van der Waals surface area contributed by atoms with Gasteiger partial charge in [-0.1, -0.05) is 13.8 Å². The summed E-state index contributed by atoms with van der Waals surface area (Å²) in [6.45, 7) is 9.20. The lowest BCUT2D eigenvalue weighted by Crippen LogP contribution is -2.57. The summed E-state index contributed by atoms with van der Waals surface area (Å²) in [5.41, 5.74) is 5.39. The highest BCUT2D eigenvalue weighted by Crippen LogP contribution is 2.30. The van der Waals surface area contributed by atoms with E-state index in [4.69, 9.17) is 10.5 Å². The summed E-state index contributed by atoms with van der Waals surface area (Å²) in [6.07, 6.45) is 0.574. The third-order valence-corrected chi connectivity index (χ3v) is 4.51. The van der Waals surface area contributed by atoms with Crippen LogP contribution in [-0.2, 0) is 14.3 Å². The Labute approximate surface area is 126 Å². The van der Waals surface area contributed by atoms with Gasteiger partial charge in [0.1, 0.15) is 0 Å². The number of piperazine rings is 1. The maximum atomic E-state index is 12.6. The first-order valence-electron chi connectivity index (χ1n) is 7.75. The summed E-state index contributed by atoms with van der Waals surface area (Å²) in [7, 11) is 0. The van der Waals surface area contributed by atoms with Crippen molar-refractivity contribution in [1.29, 1.82) is 0 Å². The van der Waals surface area contributed by atoms with Gasteiger partial charge in [0, 0.05) is 38.6 Å². The molecule has 0 aliphatic carbocycles. The number of carbonyl (C=O) groups excluding carboxylic acids is 2. The van der Waals surface area contributed by atoms with Gasteiger partial charge < -0.3 is 20.3 Å². The zero-order chi connectivity index (χ0) is 15.6. The summed E-state index contributed by atoms with van der Waals surface area (Å²) >= 11 is 0. The van der Waals surface area contributed by atoms with Crippen LogP contribution >= 0.6 is 0 Å². The molecule has 21 heavy (non-hydrogen) atoms. The molecule has 2 unspecified atom stereocenters. The average Bonchev–Trinajstić information content (AvgIpc) is 2.78. The fourth-order valence-corrected chi connectivity index (χ4v) is 2.91. The smallest absolute Gasteiger partial charge is 0.232 e. The SMILES string of the molecule is CC(C)CC(=O)N1CCN(C(=O)C2(C)COCC2N)CC1. The van der Waals surface area contributed by atoms with E-state index in [1.165, 1.54) is 0 Å². The summed E-state index contributed by atoms with van der Waals surface area (Å²) in [4.78, 5) is 28.4. The molecule has 2 aliphatic heterocycles. The van der Waals surface area contributed by atoms with Crippen LogP contribution in [0.5, 0.6) is 0 Å². The highest BCUT2D eigenvalue weighted by atomic mass is 16.5. The lowest BCUT2D eigenvalue weighted by atomic mass is 9.84. The zero-order valence-electron chi connectivity index (χ0n) is 13.3. The van der Waals surface area contributed by atoms with Crippen LogP contribution in [0.25, 0.3) is 0 Å². The molecule has 0 saturated carbocycles. The maximum Gasteiger partial charge on any atom is 0.232 e. The number of carbonyl (C=O) groups is 2. The van der Waals surface area contributed by atoms with Crippen molar-refractivity contribution >= 4 is 11.8 Å². The first-order chi connectivity index (χ1) is 9.84. The Balaban J connectivity index is 1.89. The van der Waals surface area contributed by atoms with E-state index in [0.29, 0.717) is 51.7 Å². The summed E-state index contributed by atoms with van der Waals surface area (Å²) < 4.78 is 5.35. The van der Waals surface area contributed by atoms with Crippen molar-refractivity contribution in [2.24, 2.45) is 17.1 Å². The fraction of sp³-hybridized carbons (Fsp3) is 0.867. The van der Waals surface area contributed by atoms with Gasteiger partial charge in [-0.15, -0.1) is 0 Å². The van der Waals surface area contributed by atoms with Crippen molar-refractivity contribution in [3.05, 3.63) is 0 Å². The van der Waals surface area contributed by atoms with Crippen LogP contribution in [0, 0.1) is 11.3 Å². The minimum Gasteiger partial charge on any atom is -0.379 e. The third kappa shape index (κ3) is 3.37. The van der Waals surface area contributed by atoms with Crippen molar-refractivity contribution in [2.45, 2.75) is 33.2 Å². The molecule has 0 radical (unpaired) electrons. The van der Waals surface area contributed by atoms with Crippen molar-refractivity contribution in [1.82, 2.24) is 9.80 Å². The first kappa shape index (κ1) is 16.2. The predicted octanol–water partition coefficient (Wildman–Crippen LogP) is 0.0671. The van der Waals surface area contributed by atoms with Gasteiger partial charge in [-0.2, -0.15) is 0 Å². The van der Waals surface area contributed by atoms with Crippen LogP contribution < -0.4 is 5.73 Å². The molecule has 2 saturated heterocycles. The minimum absolute atomic E-state index is 0.0588. The van der Waals surface area contributed by atoms with E-state index in [0.717, 1.165) is 0 Å². The Hall–Kier alpha value is -1.14. The van der Waals surface area contributed by atoms with Crippen LogP contribution in [0.4, 0.5) is 0 Å². The molecular formula is C15H27N3O3. The van der Waals surface area contributed by atoms with Crippen molar-refractivity contribution < 1.29 is 14.3 Å². The molecule has 0 bridgehead atoms. The van der Waals surface area contributed by atoms with Crippen molar-refractivity contribution in [3.63, 3.8) is 0 Å². The van der Waals surface area contributed by atoms with E-state index in [-0.39, 0.29) is 17.9 Å². The second-order valence-corrected chi connectivity index (χ2v) is 6.81. The maximum absolute atomic E-state index is 12.6. The number of ether oxygens (including phenoxy) is 1. The number of hydrogen-bond donors (Lipinski definition) is 1. The quantitative estimate of drug-likeness (QED) is 0.799. The Morgan fingerprint density at radius 3 is 2.29 bits per heavy atom. The second-order valence-electron chi connectivity index (χ2n) is 6.81. The number of rotatable bonds is 3. The first-order valence-corrected chi connectivity index (χ1v) is 7.75. The van der Waals surface area contributed by atoms with E-state index in [2.05, 4.69) is 0 Å². The van der Waals surface area contributed by atoms with Crippen LogP contribution in [0.15, 0.2) is 0 Å². The van der Waals surface area contributed by atoms with E-state index in [9.17, 15) is 9.59 Å². The van der Waals surface area contributed by atoms with E-state index in [1.54, 1.807) is 0 Å². The number of amides is 2. The average molecular weight is 297 g/mol. The number of nitrogens with two attached hydrogens (primary N) is 1. The molecule has 0 spiro atoms. The van der Waals surface area contributed by atoms with Crippen LogP contribution in [0.2, 0.25) is 0 Å². The Morgan fingerprint density at radius 2 is 1.81 bits per heavy atom. The predicted molar refractivity (Wildman–Crippen MR) is 79.5 cm³/mol. The highest BCUT2D eigenvalue weighted by molar-refractivity contribution is 5.84. The monoisotopic (exact) mass is 297 g/mol. The van der Waals surface area contributed by atoms with Gasteiger partial charge in [0.15, 0.2) is 0 Å². The molecule has 0 aromatic heterocycles. The van der Waals surface area contributed by atoms with Crippen LogP contribution in [-0.4, -0.2) is 67.0 Å². The Kier molecular flexibility index (Phi) is 4.88. The third-order valence-electron chi connectivity index (χ3n) is 4.51. The standard InChI is InChI=1S/C15H27N3O3/c1-11(2)8-13(19)17-4-6-18(7-5-17)14(20)15(3)10-21-9-12(15)16/h11-12H,4-10,16H2,1-3H3. The van der Waals surface area contributed by atoms with E-state index >= 15 is 0 Å². The molecule has 0 aromatic carbocycles. The van der Waals surface area contributed by atoms with Crippen LogP contribution in [0.3, 0.4) is 0 Å². The molecule has 2 N–H and O–H groups in total. The Bertz CT molecular complexity index is 405. The van der Waals surface area contributed by atoms with Crippen molar-refractivity contribution in [2.75, 3.05) is 39.4 Å². The lowest BCUT2D eigenvalue weighted by Gasteiger charge is -2.39. The van der Waals surface area contributed by atoms with Gasteiger partial charge in [-0.25, -0.2) is 0 Å². The summed E-state index contributed by atoms with van der Waals surface area (Å²) in [6, 6.07) is -0.245. The molecule has 6 heteroatoms. The zero-order valence-corrected chi connectivity index (χ0v) is 13.3. The fourth-order valence-electron chi connectivity index (χ4n) is 2.91. The molecule has 120 valence electrons.